The first-order valence-electron chi connectivity index (χ1n) is 5.61. The van der Waals surface area contributed by atoms with Crippen LogP contribution < -0.4 is 11.3 Å². The summed E-state index contributed by atoms with van der Waals surface area (Å²) in [5.41, 5.74) is 4.18. The Bertz CT molecular complexity index is 292. The van der Waals surface area contributed by atoms with Crippen LogP contribution >= 0.6 is 11.3 Å². The second-order valence-corrected chi connectivity index (χ2v) is 5.09. The van der Waals surface area contributed by atoms with Crippen molar-refractivity contribution in [2.24, 2.45) is 5.84 Å². The first-order chi connectivity index (χ1) is 7.40. The van der Waals surface area contributed by atoms with E-state index < -0.39 is 0 Å². The van der Waals surface area contributed by atoms with E-state index in [0.717, 1.165) is 13.1 Å². The Morgan fingerprint density at radius 2 is 2.13 bits per heavy atom. The highest BCUT2D eigenvalue weighted by molar-refractivity contribution is 7.10. The Morgan fingerprint density at radius 3 is 2.87 bits per heavy atom. The standard InChI is InChI=1S/C11H19N3S/c12-13-8-11-10(4-7-15-11)9-14-5-2-1-3-6-14/h4,7,13H,1-3,5-6,8-9,12H2. The van der Waals surface area contributed by atoms with Crippen LogP contribution in [0.3, 0.4) is 0 Å². The first-order valence-corrected chi connectivity index (χ1v) is 6.49. The first kappa shape index (κ1) is 11.1. The Balaban J connectivity index is 1.93. The number of hydrazine groups is 1. The van der Waals surface area contributed by atoms with E-state index in [1.165, 1.54) is 42.8 Å². The summed E-state index contributed by atoms with van der Waals surface area (Å²) in [5.74, 6) is 5.36. The van der Waals surface area contributed by atoms with Crippen LogP contribution in [0.15, 0.2) is 11.4 Å². The van der Waals surface area contributed by atoms with Crippen molar-refractivity contribution in [3.63, 3.8) is 0 Å². The molecule has 0 spiro atoms. The summed E-state index contributed by atoms with van der Waals surface area (Å²) < 4.78 is 0. The fraction of sp³-hybridized carbons (Fsp3) is 0.636. The molecule has 0 unspecified atom stereocenters. The molecule has 0 atom stereocenters. The molecule has 1 fully saturated rings. The number of thiophene rings is 1. The zero-order valence-electron chi connectivity index (χ0n) is 9.04. The van der Waals surface area contributed by atoms with E-state index in [9.17, 15) is 0 Å². The van der Waals surface area contributed by atoms with Crippen molar-refractivity contribution in [1.82, 2.24) is 10.3 Å². The number of nitrogens with zero attached hydrogens (tertiary/aromatic N) is 1. The molecule has 1 aromatic heterocycles. The third-order valence-corrected chi connectivity index (χ3v) is 3.91. The minimum Gasteiger partial charge on any atom is -0.299 e. The monoisotopic (exact) mass is 225 g/mol. The lowest BCUT2D eigenvalue weighted by Crippen LogP contribution is -2.29. The average molecular weight is 225 g/mol. The molecule has 1 aliphatic rings. The third-order valence-electron chi connectivity index (χ3n) is 2.94. The molecule has 15 heavy (non-hydrogen) atoms. The number of nitrogens with two attached hydrogens (primary N) is 1. The Morgan fingerprint density at radius 1 is 1.33 bits per heavy atom. The van der Waals surface area contributed by atoms with E-state index in [1.807, 2.05) is 0 Å². The molecule has 1 aromatic rings. The fourth-order valence-corrected chi connectivity index (χ4v) is 2.96. The van der Waals surface area contributed by atoms with E-state index in [-0.39, 0.29) is 0 Å². The summed E-state index contributed by atoms with van der Waals surface area (Å²) >= 11 is 1.79. The molecule has 0 bridgehead atoms. The van der Waals surface area contributed by atoms with E-state index in [0.29, 0.717) is 0 Å². The quantitative estimate of drug-likeness (QED) is 0.605. The molecule has 0 aromatic carbocycles. The van der Waals surface area contributed by atoms with Gasteiger partial charge in [-0.25, -0.2) is 0 Å². The van der Waals surface area contributed by atoms with E-state index in [1.54, 1.807) is 11.3 Å². The van der Waals surface area contributed by atoms with Gasteiger partial charge in [0.2, 0.25) is 0 Å². The highest BCUT2D eigenvalue weighted by atomic mass is 32.1. The molecule has 1 aliphatic heterocycles. The van der Waals surface area contributed by atoms with Gasteiger partial charge in [0.1, 0.15) is 0 Å². The minimum atomic E-state index is 0.793. The van der Waals surface area contributed by atoms with E-state index >= 15 is 0 Å². The number of piperidine rings is 1. The molecule has 3 N–H and O–H groups in total. The van der Waals surface area contributed by atoms with Gasteiger partial charge in [0.25, 0.3) is 0 Å². The van der Waals surface area contributed by atoms with E-state index in [2.05, 4.69) is 21.8 Å². The van der Waals surface area contributed by atoms with Gasteiger partial charge in [0.05, 0.1) is 0 Å². The molecule has 0 saturated carbocycles. The molecule has 3 nitrogen and oxygen atoms in total. The Kier molecular flexibility index (Phi) is 4.14. The number of nitrogens with one attached hydrogen (secondary N) is 1. The van der Waals surface area contributed by atoms with Crippen LogP contribution in [0.1, 0.15) is 29.7 Å². The van der Waals surface area contributed by atoms with Crippen molar-refractivity contribution in [3.8, 4) is 0 Å². The predicted molar refractivity (Wildman–Crippen MR) is 64.5 cm³/mol. The molecule has 2 heterocycles. The summed E-state index contributed by atoms with van der Waals surface area (Å²) in [6.07, 6.45) is 4.11. The SMILES string of the molecule is NNCc1sccc1CN1CCCCC1. The Hall–Kier alpha value is -0.420. The minimum absolute atomic E-state index is 0.793. The summed E-state index contributed by atoms with van der Waals surface area (Å²) in [7, 11) is 0. The van der Waals surface area contributed by atoms with Crippen LogP contribution in [0.25, 0.3) is 0 Å². The molecule has 0 amide bonds. The van der Waals surface area contributed by atoms with Crippen molar-refractivity contribution >= 4 is 11.3 Å². The maximum atomic E-state index is 5.36. The van der Waals surface area contributed by atoms with Crippen LogP contribution in [0.5, 0.6) is 0 Å². The lowest BCUT2D eigenvalue weighted by atomic mass is 10.1. The number of rotatable bonds is 4. The second kappa shape index (κ2) is 5.61. The van der Waals surface area contributed by atoms with Crippen molar-refractivity contribution in [2.45, 2.75) is 32.4 Å². The predicted octanol–water partition coefficient (Wildman–Crippen LogP) is 1.70. The molecular weight excluding hydrogens is 206 g/mol. The topological polar surface area (TPSA) is 41.3 Å². The second-order valence-electron chi connectivity index (χ2n) is 4.09. The summed E-state index contributed by atoms with van der Waals surface area (Å²) in [5, 5.41) is 2.16. The van der Waals surface area contributed by atoms with Crippen molar-refractivity contribution in [1.29, 1.82) is 0 Å². The van der Waals surface area contributed by atoms with Gasteiger partial charge in [-0.1, -0.05) is 6.42 Å². The zero-order valence-corrected chi connectivity index (χ0v) is 9.85. The molecule has 1 saturated heterocycles. The van der Waals surface area contributed by atoms with Gasteiger partial charge in [-0.15, -0.1) is 11.3 Å². The van der Waals surface area contributed by atoms with E-state index in [4.69, 9.17) is 5.84 Å². The molecule has 0 aliphatic carbocycles. The normalized spacial score (nSPS) is 18.2. The van der Waals surface area contributed by atoms with Crippen molar-refractivity contribution < 1.29 is 0 Å². The lowest BCUT2D eigenvalue weighted by molar-refractivity contribution is 0.220. The summed E-state index contributed by atoms with van der Waals surface area (Å²) in [6.45, 7) is 4.40. The fourth-order valence-electron chi connectivity index (χ4n) is 2.11. The molecule has 0 radical (unpaired) electrons. The van der Waals surface area contributed by atoms with Crippen molar-refractivity contribution in [3.05, 3.63) is 21.9 Å². The molecule has 84 valence electrons. The zero-order chi connectivity index (χ0) is 10.5. The molecular formula is C11H19N3S. The smallest absolute Gasteiger partial charge is 0.0446 e. The van der Waals surface area contributed by atoms with Gasteiger partial charge >= 0.3 is 0 Å². The largest absolute Gasteiger partial charge is 0.299 e. The van der Waals surface area contributed by atoms with Crippen LogP contribution in [0.4, 0.5) is 0 Å². The van der Waals surface area contributed by atoms with Gasteiger partial charge in [0, 0.05) is 18.0 Å². The number of likely N-dealkylation sites (tertiary alicyclic amines) is 1. The molecule has 4 heteroatoms. The summed E-state index contributed by atoms with van der Waals surface area (Å²) in [6, 6.07) is 2.23. The maximum Gasteiger partial charge on any atom is 0.0446 e. The third kappa shape index (κ3) is 3.01. The average Bonchev–Trinajstić information content (AvgIpc) is 2.68. The highest BCUT2D eigenvalue weighted by Gasteiger charge is 2.12. The van der Waals surface area contributed by atoms with Crippen LogP contribution in [0, 0.1) is 0 Å². The maximum absolute atomic E-state index is 5.36. The number of hydrogen-bond donors (Lipinski definition) is 2. The highest BCUT2D eigenvalue weighted by Crippen LogP contribution is 2.20. The van der Waals surface area contributed by atoms with Gasteiger partial charge < -0.3 is 0 Å². The van der Waals surface area contributed by atoms with Gasteiger partial charge in [-0.3, -0.25) is 16.2 Å². The van der Waals surface area contributed by atoms with Crippen LogP contribution in [-0.4, -0.2) is 18.0 Å². The van der Waals surface area contributed by atoms with Crippen molar-refractivity contribution in [2.75, 3.05) is 13.1 Å². The summed E-state index contributed by atoms with van der Waals surface area (Å²) in [4.78, 5) is 3.93. The van der Waals surface area contributed by atoms with Gasteiger partial charge in [0.15, 0.2) is 0 Å². The van der Waals surface area contributed by atoms with Crippen LogP contribution in [0.2, 0.25) is 0 Å². The molecule has 2 rings (SSSR count). The Labute approximate surface area is 95.2 Å². The van der Waals surface area contributed by atoms with Gasteiger partial charge in [-0.2, -0.15) is 0 Å². The van der Waals surface area contributed by atoms with Gasteiger partial charge in [-0.05, 0) is 42.9 Å². The number of hydrogen-bond acceptors (Lipinski definition) is 4. The van der Waals surface area contributed by atoms with Crippen LogP contribution in [-0.2, 0) is 13.1 Å². The lowest BCUT2D eigenvalue weighted by Gasteiger charge is -2.26.